The Morgan fingerprint density at radius 2 is 1.03 bits per heavy atom. The minimum Gasteiger partial charge on any atom is -0.291 e. The van der Waals surface area contributed by atoms with E-state index in [1.165, 1.54) is 113 Å². The summed E-state index contributed by atoms with van der Waals surface area (Å²) in [6.07, 6.45) is 0. The molecule has 14 aromatic rings. The van der Waals surface area contributed by atoms with Gasteiger partial charge in [0.05, 0.1) is 21.4 Å². The number of imidazole rings is 1. The Labute approximate surface area is 422 Å². The third-order valence-electron chi connectivity index (χ3n) is 15.9. The van der Waals surface area contributed by atoms with Gasteiger partial charge in [0.2, 0.25) is 6.71 Å². The average Bonchev–Trinajstić information content (AvgIpc) is 4.09. The molecule has 0 atom stereocenters. The maximum Gasteiger partial charge on any atom is 0.241 e. The summed E-state index contributed by atoms with van der Waals surface area (Å²) >= 11 is 1.86. The van der Waals surface area contributed by atoms with E-state index in [-0.39, 0.29) is 12.1 Å². The molecule has 1 aliphatic rings. The first-order valence-corrected chi connectivity index (χ1v) is 25.9. The minimum absolute atomic E-state index is 0.0281. The Morgan fingerprint density at radius 3 is 1.88 bits per heavy atom. The monoisotopic (exact) mass is 932 g/mol. The molecule has 4 heteroatoms. The van der Waals surface area contributed by atoms with Crippen LogP contribution in [0.1, 0.15) is 25.0 Å². The number of aromatic nitrogens is 2. The molecule has 0 saturated carbocycles. The lowest BCUT2D eigenvalue weighted by Crippen LogP contribution is -2.52. The van der Waals surface area contributed by atoms with Crippen molar-refractivity contribution in [1.29, 1.82) is 0 Å². The molecular weight excluding hydrogens is 888 g/mol. The van der Waals surface area contributed by atoms with Crippen LogP contribution in [0.25, 0.3) is 114 Å². The number of benzene rings is 11. The summed E-state index contributed by atoms with van der Waals surface area (Å²) in [5.74, 6) is 0. The van der Waals surface area contributed by atoms with Crippen molar-refractivity contribution in [1.82, 2.24) is 9.38 Å². The summed E-state index contributed by atoms with van der Waals surface area (Å²) in [6.45, 7) is 4.75. The maximum atomic E-state index is 5.29. The van der Waals surface area contributed by atoms with Crippen LogP contribution in [0.2, 0.25) is 0 Å². The van der Waals surface area contributed by atoms with Gasteiger partial charge in [0, 0.05) is 20.9 Å². The third kappa shape index (κ3) is 6.19. The molecule has 2 nitrogen and oxygen atoms in total. The summed E-state index contributed by atoms with van der Waals surface area (Å²) in [4.78, 5) is 5.29. The molecule has 0 fully saturated rings. The van der Waals surface area contributed by atoms with Gasteiger partial charge in [0.25, 0.3) is 0 Å². The molecule has 0 radical (unpaired) electrons. The summed E-state index contributed by atoms with van der Waals surface area (Å²) in [7, 11) is 0. The van der Waals surface area contributed by atoms with E-state index in [9.17, 15) is 0 Å². The Hall–Kier alpha value is -8.57. The molecule has 3 aromatic heterocycles. The predicted molar refractivity (Wildman–Crippen MR) is 310 cm³/mol. The van der Waals surface area contributed by atoms with Gasteiger partial charge in [0.1, 0.15) is 0 Å². The lowest BCUT2D eigenvalue weighted by molar-refractivity contribution is 0.660. The number of pyridine rings is 1. The standard InChI is InChI=1S/C68H45BN2S/c1-68(2)60-23-10-9-22-56(60)58-40-50(33-37-61(58)68)69(49-32-30-42-14-3-4-16-46(42)38-49)48-18-13-17-47(39-48)52-36-35-51(54-20-7-8-21-55(52)54)44-26-28-45(29-27-44)64-41-59-57-34-31-43-15-5-6-19-53(43)65(57)72-66(59)67-70-62-24-11-12-25-63(62)71(64)67/h3-41H,1-2H3. The molecule has 72 heavy (non-hydrogen) atoms. The number of fused-ring (bicyclic) bond motifs is 14. The van der Waals surface area contributed by atoms with Crippen LogP contribution < -0.4 is 16.4 Å². The van der Waals surface area contributed by atoms with Crippen molar-refractivity contribution in [3.05, 3.63) is 248 Å². The van der Waals surface area contributed by atoms with Gasteiger partial charge in [-0.3, -0.25) is 4.40 Å². The summed E-state index contributed by atoms with van der Waals surface area (Å²) < 4.78 is 4.90. The highest BCUT2D eigenvalue weighted by Gasteiger charge is 2.36. The Kier molecular flexibility index (Phi) is 9.00. The normalized spacial score (nSPS) is 13.0. The van der Waals surface area contributed by atoms with E-state index in [1.807, 2.05) is 11.3 Å². The highest BCUT2D eigenvalue weighted by Crippen LogP contribution is 2.48. The van der Waals surface area contributed by atoms with E-state index < -0.39 is 0 Å². The van der Waals surface area contributed by atoms with E-state index >= 15 is 0 Å². The van der Waals surface area contributed by atoms with Gasteiger partial charge in [0.15, 0.2) is 5.65 Å². The van der Waals surface area contributed by atoms with E-state index in [0.717, 1.165) is 27.9 Å². The first-order chi connectivity index (χ1) is 35.4. The molecule has 1 aliphatic carbocycles. The van der Waals surface area contributed by atoms with Gasteiger partial charge in [-0.05, 0) is 101 Å². The first kappa shape index (κ1) is 41.2. The van der Waals surface area contributed by atoms with Crippen LogP contribution >= 0.6 is 11.3 Å². The molecule has 0 amide bonds. The Balaban J connectivity index is 0.840. The van der Waals surface area contributed by atoms with Crippen LogP contribution in [0.15, 0.2) is 237 Å². The van der Waals surface area contributed by atoms with Crippen LogP contribution in [0.3, 0.4) is 0 Å². The fourth-order valence-corrected chi connectivity index (χ4v) is 13.7. The highest BCUT2D eigenvalue weighted by molar-refractivity contribution is 7.27. The van der Waals surface area contributed by atoms with Gasteiger partial charge in [-0.2, -0.15) is 0 Å². The van der Waals surface area contributed by atoms with Crippen molar-refractivity contribution in [2.45, 2.75) is 19.3 Å². The second-order valence-electron chi connectivity index (χ2n) is 20.2. The molecule has 11 aromatic carbocycles. The zero-order valence-electron chi connectivity index (χ0n) is 39.9. The number of nitrogens with zero attached hydrogens (tertiary/aromatic N) is 2. The molecule has 0 aliphatic heterocycles. The van der Waals surface area contributed by atoms with Crippen molar-refractivity contribution in [3.8, 4) is 44.6 Å². The lowest BCUT2D eigenvalue weighted by atomic mass is 9.36. The van der Waals surface area contributed by atoms with Gasteiger partial charge < -0.3 is 0 Å². The second-order valence-corrected chi connectivity index (χ2v) is 21.2. The number of hydrogen-bond donors (Lipinski definition) is 0. The zero-order chi connectivity index (χ0) is 47.7. The fourth-order valence-electron chi connectivity index (χ4n) is 12.4. The van der Waals surface area contributed by atoms with Crippen molar-refractivity contribution in [3.63, 3.8) is 0 Å². The van der Waals surface area contributed by atoms with Crippen molar-refractivity contribution in [2.24, 2.45) is 0 Å². The molecular formula is C68H45BN2S. The Bertz CT molecular complexity index is 4560. The van der Waals surface area contributed by atoms with Crippen LogP contribution in [-0.4, -0.2) is 16.1 Å². The molecule has 3 heterocycles. The molecule has 0 unspecified atom stereocenters. The maximum absolute atomic E-state index is 5.29. The first-order valence-electron chi connectivity index (χ1n) is 25.0. The molecule has 15 rings (SSSR count). The van der Waals surface area contributed by atoms with Crippen molar-refractivity contribution in [2.75, 3.05) is 0 Å². The smallest absolute Gasteiger partial charge is 0.241 e. The number of para-hydroxylation sites is 2. The SMILES string of the molecule is CC1(C)c2ccccc2-c2cc(B(c3cccc(-c4ccc(-c5ccc(-c6cc7c8ccc9ccccc9c8sc7c7nc8ccccc8n67)cc5)c5ccccc45)c3)c3ccc4ccccc4c3)ccc21. The van der Waals surface area contributed by atoms with Gasteiger partial charge in [-0.1, -0.05) is 249 Å². The van der Waals surface area contributed by atoms with Gasteiger partial charge >= 0.3 is 0 Å². The lowest BCUT2D eigenvalue weighted by Gasteiger charge is -2.22. The largest absolute Gasteiger partial charge is 0.291 e. The average molecular weight is 933 g/mol. The Morgan fingerprint density at radius 1 is 0.389 bits per heavy atom. The predicted octanol–water partition coefficient (Wildman–Crippen LogP) is 16.1. The molecule has 0 N–H and O–H groups in total. The number of hydrogen-bond acceptors (Lipinski definition) is 2. The molecule has 0 saturated heterocycles. The number of rotatable bonds is 6. The zero-order valence-corrected chi connectivity index (χ0v) is 40.7. The van der Waals surface area contributed by atoms with Crippen LogP contribution in [0.4, 0.5) is 0 Å². The van der Waals surface area contributed by atoms with Crippen molar-refractivity contribution < 1.29 is 0 Å². The van der Waals surface area contributed by atoms with E-state index in [0.29, 0.717) is 0 Å². The quantitative estimate of drug-likeness (QED) is 0.152. The fraction of sp³-hybridized carbons (Fsp3) is 0.0441. The molecule has 0 spiro atoms. The van der Waals surface area contributed by atoms with Crippen LogP contribution in [0.5, 0.6) is 0 Å². The third-order valence-corrected chi connectivity index (χ3v) is 17.1. The number of thiophene rings is 1. The van der Waals surface area contributed by atoms with Gasteiger partial charge in [-0.25, -0.2) is 4.98 Å². The second kappa shape index (κ2) is 15.7. The van der Waals surface area contributed by atoms with Crippen LogP contribution in [-0.2, 0) is 5.41 Å². The minimum atomic E-state index is -0.0499. The van der Waals surface area contributed by atoms with Crippen LogP contribution in [0, 0.1) is 0 Å². The summed E-state index contributed by atoms with van der Waals surface area (Å²) in [5, 5.41) is 10.1. The van der Waals surface area contributed by atoms with Gasteiger partial charge in [-0.15, -0.1) is 11.3 Å². The van der Waals surface area contributed by atoms with E-state index in [2.05, 4.69) is 255 Å². The van der Waals surface area contributed by atoms with E-state index in [1.54, 1.807) is 0 Å². The summed E-state index contributed by atoms with van der Waals surface area (Å²) in [6, 6.07) is 88.3. The van der Waals surface area contributed by atoms with Crippen molar-refractivity contribution >= 4 is 104 Å². The molecule has 336 valence electrons. The van der Waals surface area contributed by atoms with E-state index in [4.69, 9.17) is 4.98 Å². The molecule has 0 bridgehead atoms. The topological polar surface area (TPSA) is 17.3 Å². The highest BCUT2D eigenvalue weighted by atomic mass is 32.1. The summed E-state index contributed by atoms with van der Waals surface area (Å²) in [5.41, 5.74) is 19.6.